The molecule has 2 atom stereocenters. The van der Waals surface area contributed by atoms with Crippen LogP contribution in [0.2, 0.25) is 0 Å². The van der Waals surface area contributed by atoms with Crippen molar-refractivity contribution in [1.29, 1.82) is 0 Å². The van der Waals surface area contributed by atoms with Gasteiger partial charge in [-0.3, -0.25) is 9.59 Å². The minimum atomic E-state index is -0.519. The fourth-order valence-corrected chi connectivity index (χ4v) is 3.24. The van der Waals surface area contributed by atoms with Crippen LogP contribution in [0.1, 0.15) is 44.0 Å². The Bertz CT molecular complexity index is 567. The number of carbonyl (C=O) groups is 2. The normalized spacial score (nSPS) is 21.2. The standard InChI is InChI=1S/C19H29N3O2.ClH/c1-4-20-15(2)13-21-18(24)19(3)11-8-12-22(14-19)17(23)16-9-6-5-7-10-16;/h5-7,9-10,15,20H,4,8,11-14H2,1-3H3,(H,21,24);1H/t15-,19?;/m1./s1. The Morgan fingerprint density at radius 2 is 1.96 bits per heavy atom. The van der Waals surface area contributed by atoms with E-state index in [4.69, 9.17) is 0 Å². The van der Waals surface area contributed by atoms with Crippen LogP contribution in [-0.2, 0) is 4.79 Å². The van der Waals surface area contributed by atoms with Crippen LogP contribution in [-0.4, -0.2) is 48.9 Å². The fourth-order valence-electron chi connectivity index (χ4n) is 3.24. The predicted molar refractivity (Wildman–Crippen MR) is 103 cm³/mol. The number of hydrogen-bond acceptors (Lipinski definition) is 3. The molecule has 0 bridgehead atoms. The van der Waals surface area contributed by atoms with Gasteiger partial charge in [-0.15, -0.1) is 12.4 Å². The summed E-state index contributed by atoms with van der Waals surface area (Å²) in [5.74, 6) is 0.0492. The maximum Gasteiger partial charge on any atom is 0.253 e. The van der Waals surface area contributed by atoms with E-state index in [0.29, 0.717) is 25.2 Å². The smallest absolute Gasteiger partial charge is 0.253 e. The number of carbonyl (C=O) groups excluding carboxylic acids is 2. The number of nitrogens with zero attached hydrogens (tertiary/aromatic N) is 1. The van der Waals surface area contributed by atoms with Gasteiger partial charge in [0.15, 0.2) is 0 Å². The summed E-state index contributed by atoms with van der Waals surface area (Å²) in [7, 11) is 0. The van der Waals surface area contributed by atoms with Crippen LogP contribution in [0, 0.1) is 5.41 Å². The van der Waals surface area contributed by atoms with E-state index in [9.17, 15) is 9.59 Å². The highest BCUT2D eigenvalue weighted by molar-refractivity contribution is 5.95. The Labute approximate surface area is 157 Å². The van der Waals surface area contributed by atoms with Crippen LogP contribution in [0.3, 0.4) is 0 Å². The van der Waals surface area contributed by atoms with E-state index in [0.717, 1.165) is 19.4 Å². The van der Waals surface area contributed by atoms with Crippen LogP contribution in [0.5, 0.6) is 0 Å². The van der Waals surface area contributed by atoms with E-state index < -0.39 is 5.41 Å². The SMILES string of the molecule is CCN[C@H](C)CNC(=O)C1(C)CCCN(C(=O)c2ccccc2)C1.Cl. The minimum Gasteiger partial charge on any atom is -0.354 e. The zero-order chi connectivity index (χ0) is 17.6. The van der Waals surface area contributed by atoms with E-state index in [-0.39, 0.29) is 30.3 Å². The first-order chi connectivity index (χ1) is 11.5. The van der Waals surface area contributed by atoms with Gasteiger partial charge in [-0.2, -0.15) is 0 Å². The van der Waals surface area contributed by atoms with Crippen molar-refractivity contribution in [2.75, 3.05) is 26.2 Å². The Balaban J connectivity index is 0.00000312. The summed E-state index contributed by atoms with van der Waals surface area (Å²) in [5.41, 5.74) is 0.164. The third-order valence-electron chi connectivity index (χ3n) is 4.67. The molecule has 25 heavy (non-hydrogen) atoms. The van der Waals surface area contributed by atoms with Gasteiger partial charge in [-0.25, -0.2) is 0 Å². The zero-order valence-electron chi connectivity index (χ0n) is 15.4. The van der Waals surface area contributed by atoms with Gasteiger partial charge in [-0.1, -0.05) is 25.1 Å². The van der Waals surface area contributed by atoms with E-state index in [1.54, 1.807) is 0 Å². The summed E-state index contributed by atoms with van der Waals surface area (Å²) >= 11 is 0. The van der Waals surface area contributed by atoms with Crippen LogP contribution in [0.4, 0.5) is 0 Å². The highest BCUT2D eigenvalue weighted by Crippen LogP contribution is 2.30. The van der Waals surface area contributed by atoms with Crippen molar-refractivity contribution >= 4 is 24.2 Å². The molecule has 2 rings (SSSR count). The second-order valence-corrected chi connectivity index (χ2v) is 6.93. The lowest BCUT2D eigenvalue weighted by Gasteiger charge is -2.39. The third-order valence-corrected chi connectivity index (χ3v) is 4.67. The lowest BCUT2D eigenvalue weighted by atomic mass is 9.80. The van der Waals surface area contributed by atoms with E-state index in [1.807, 2.05) is 49.1 Å². The van der Waals surface area contributed by atoms with E-state index >= 15 is 0 Å². The van der Waals surface area contributed by atoms with Gasteiger partial charge < -0.3 is 15.5 Å². The summed E-state index contributed by atoms with van der Waals surface area (Å²) in [6.45, 7) is 8.74. The molecular formula is C19H30ClN3O2. The molecule has 0 spiro atoms. The summed E-state index contributed by atoms with van der Waals surface area (Å²) in [6, 6.07) is 9.53. The summed E-state index contributed by atoms with van der Waals surface area (Å²) < 4.78 is 0. The molecule has 1 saturated heterocycles. The van der Waals surface area contributed by atoms with Crippen molar-refractivity contribution in [3.05, 3.63) is 35.9 Å². The van der Waals surface area contributed by atoms with Crippen molar-refractivity contribution in [2.45, 2.75) is 39.7 Å². The molecule has 1 aliphatic heterocycles. The number of amides is 2. The number of hydrogen-bond donors (Lipinski definition) is 2. The van der Waals surface area contributed by atoms with Crippen molar-refractivity contribution in [3.63, 3.8) is 0 Å². The topological polar surface area (TPSA) is 61.4 Å². The largest absolute Gasteiger partial charge is 0.354 e. The second kappa shape index (κ2) is 9.78. The molecule has 140 valence electrons. The maximum atomic E-state index is 12.7. The van der Waals surface area contributed by atoms with Gasteiger partial charge in [0.25, 0.3) is 5.91 Å². The van der Waals surface area contributed by atoms with Gasteiger partial charge in [0.1, 0.15) is 0 Å². The van der Waals surface area contributed by atoms with Crippen molar-refractivity contribution in [3.8, 4) is 0 Å². The first kappa shape index (κ1) is 21.5. The molecule has 1 fully saturated rings. The van der Waals surface area contributed by atoms with Gasteiger partial charge in [0, 0.05) is 31.2 Å². The molecule has 0 aromatic heterocycles. The van der Waals surface area contributed by atoms with E-state index in [1.165, 1.54) is 0 Å². The Kier molecular flexibility index (Phi) is 8.39. The Morgan fingerprint density at radius 3 is 2.60 bits per heavy atom. The zero-order valence-corrected chi connectivity index (χ0v) is 16.2. The number of rotatable bonds is 6. The number of nitrogens with one attached hydrogen (secondary N) is 2. The molecule has 0 radical (unpaired) electrons. The molecular weight excluding hydrogens is 338 g/mol. The molecule has 1 heterocycles. The Hall–Kier alpha value is -1.59. The predicted octanol–water partition coefficient (Wildman–Crippen LogP) is 2.46. The summed E-state index contributed by atoms with van der Waals surface area (Å²) in [5, 5.41) is 6.32. The van der Waals surface area contributed by atoms with Gasteiger partial charge in [0.2, 0.25) is 5.91 Å². The fraction of sp³-hybridized carbons (Fsp3) is 0.579. The summed E-state index contributed by atoms with van der Waals surface area (Å²) in [4.78, 5) is 27.1. The molecule has 5 nitrogen and oxygen atoms in total. The van der Waals surface area contributed by atoms with Crippen LogP contribution < -0.4 is 10.6 Å². The van der Waals surface area contributed by atoms with Gasteiger partial charge in [0.05, 0.1) is 5.41 Å². The lowest BCUT2D eigenvalue weighted by molar-refractivity contribution is -0.132. The van der Waals surface area contributed by atoms with Crippen molar-refractivity contribution in [1.82, 2.24) is 15.5 Å². The quantitative estimate of drug-likeness (QED) is 0.811. The first-order valence-corrected chi connectivity index (χ1v) is 8.82. The number of benzene rings is 1. The maximum absolute atomic E-state index is 12.7. The first-order valence-electron chi connectivity index (χ1n) is 8.82. The number of halogens is 1. The molecule has 1 aromatic carbocycles. The van der Waals surface area contributed by atoms with Crippen LogP contribution in [0.15, 0.2) is 30.3 Å². The second-order valence-electron chi connectivity index (χ2n) is 6.93. The molecule has 1 aromatic rings. The number of likely N-dealkylation sites (N-methyl/N-ethyl adjacent to an activating group) is 1. The van der Waals surface area contributed by atoms with Crippen LogP contribution >= 0.6 is 12.4 Å². The summed E-state index contributed by atoms with van der Waals surface area (Å²) in [6.07, 6.45) is 1.66. The average molecular weight is 368 g/mol. The lowest BCUT2D eigenvalue weighted by Crippen LogP contribution is -2.53. The Morgan fingerprint density at radius 1 is 1.28 bits per heavy atom. The number of likely N-dealkylation sites (tertiary alicyclic amines) is 1. The molecule has 2 N–H and O–H groups in total. The molecule has 2 amide bonds. The monoisotopic (exact) mass is 367 g/mol. The highest BCUT2D eigenvalue weighted by atomic mass is 35.5. The van der Waals surface area contributed by atoms with Crippen LogP contribution in [0.25, 0.3) is 0 Å². The average Bonchev–Trinajstić information content (AvgIpc) is 2.60. The molecule has 1 aliphatic rings. The van der Waals surface area contributed by atoms with E-state index in [2.05, 4.69) is 17.6 Å². The minimum absolute atomic E-state index is 0. The molecule has 0 saturated carbocycles. The molecule has 0 aliphatic carbocycles. The van der Waals surface area contributed by atoms with Crippen molar-refractivity contribution < 1.29 is 9.59 Å². The molecule has 1 unspecified atom stereocenters. The molecule has 6 heteroatoms. The van der Waals surface area contributed by atoms with Gasteiger partial charge >= 0.3 is 0 Å². The third kappa shape index (κ3) is 5.72. The highest BCUT2D eigenvalue weighted by Gasteiger charge is 2.39. The number of piperidine rings is 1. The van der Waals surface area contributed by atoms with Crippen molar-refractivity contribution in [2.24, 2.45) is 5.41 Å². The van der Waals surface area contributed by atoms with Gasteiger partial charge in [-0.05, 0) is 45.4 Å².